The molecule has 0 atom stereocenters. The molecule has 5 nitrogen and oxygen atoms in total. The van der Waals surface area contributed by atoms with Gasteiger partial charge in [0.25, 0.3) is 0 Å². The van der Waals surface area contributed by atoms with E-state index in [1.54, 1.807) is 7.11 Å². The van der Waals surface area contributed by atoms with Crippen molar-refractivity contribution >= 4 is 5.91 Å². The highest BCUT2D eigenvalue weighted by Crippen LogP contribution is 2.26. The van der Waals surface area contributed by atoms with E-state index < -0.39 is 0 Å². The summed E-state index contributed by atoms with van der Waals surface area (Å²) in [5.41, 5.74) is 2.16. The first-order chi connectivity index (χ1) is 12.7. The molecule has 0 aliphatic carbocycles. The minimum atomic E-state index is 0.0129. The predicted molar refractivity (Wildman–Crippen MR) is 101 cm³/mol. The first kappa shape index (κ1) is 19.8. The maximum Gasteiger partial charge on any atom is 0.220 e. The summed E-state index contributed by atoms with van der Waals surface area (Å²) >= 11 is 0. The Morgan fingerprint density at radius 3 is 2.31 bits per heavy atom. The molecule has 0 heterocycles. The van der Waals surface area contributed by atoms with E-state index in [-0.39, 0.29) is 5.91 Å². The summed E-state index contributed by atoms with van der Waals surface area (Å²) in [4.78, 5) is 12.0. The lowest BCUT2D eigenvalue weighted by atomic mass is 10.1. The Morgan fingerprint density at radius 1 is 0.962 bits per heavy atom. The Balaban J connectivity index is 1.71. The Kier molecular flexibility index (Phi) is 8.49. The first-order valence-electron chi connectivity index (χ1n) is 8.91. The first-order valence-corrected chi connectivity index (χ1v) is 8.91. The Hall–Kier alpha value is -2.53. The van der Waals surface area contributed by atoms with Gasteiger partial charge in [-0.2, -0.15) is 0 Å². The summed E-state index contributed by atoms with van der Waals surface area (Å²) in [6, 6.07) is 15.5. The van der Waals surface area contributed by atoms with Gasteiger partial charge >= 0.3 is 0 Å². The normalized spacial score (nSPS) is 10.4. The van der Waals surface area contributed by atoms with Gasteiger partial charge in [-0.1, -0.05) is 36.4 Å². The fraction of sp³-hybridized carbons (Fsp3) is 0.381. The number of amides is 1. The third-order valence-corrected chi connectivity index (χ3v) is 3.85. The summed E-state index contributed by atoms with van der Waals surface area (Å²) in [6.45, 7) is 4.04. The summed E-state index contributed by atoms with van der Waals surface area (Å²) < 4.78 is 16.4. The highest BCUT2D eigenvalue weighted by Gasteiger charge is 2.06. The van der Waals surface area contributed by atoms with Gasteiger partial charge in [-0.25, -0.2) is 0 Å². The average molecular weight is 357 g/mol. The molecule has 5 heteroatoms. The van der Waals surface area contributed by atoms with Gasteiger partial charge in [-0.3, -0.25) is 4.79 Å². The second-order valence-corrected chi connectivity index (χ2v) is 5.81. The monoisotopic (exact) mass is 357 g/mol. The van der Waals surface area contributed by atoms with Gasteiger partial charge < -0.3 is 19.5 Å². The molecule has 26 heavy (non-hydrogen) atoms. The molecule has 1 N–H and O–H groups in total. The fourth-order valence-electron chi connectivity index (χ4n) is 2.57. The van der Waals surface area contributed by atoms with E-state index >= 15 is 0 Å². The van der Waals surface area contributed by atoms with E-state index in [0.717, 1.165) is 16.9 Å². The van der Waals surface area contributed by atoms with Crippen molar-refractivity contribution in [2.45, 2.75) is 32.9 Å². The molecule has 0 saturated heterocycles. The third kappa shape index (κ3) is 6.41. The van der Waals surface area contributed by atoms with E-state index in [1.165, 1.54) is 0 Å². The number of ether oxygens (including phenoxy) is 3. The molecule has 140 valence electrons. The number of carbonyl (C=O) groups excluding carboxylic acids is 1. The number of nitrogens with one attached hydrogen (secondary N) is 1. The summed E-state index contributed by atoms with van der Waals surface area (Å²) in [6.07, 6.45) is 1.06. The molecule has 0 aliphatic rings. The Bertz CT molecular complexity index is 687. The summed E-state index contributed by atoms with van der Waals surface area (Å²) in [7, 11) is 1.67. The van der Waals surface area contributed by atoms with Crippen molar-refractivity contribution in [3.8, 4) is 11.5 Å². The average Bonchev–Trinajstić information content (AvgIpc) is 2.66. The highest BCUT2D eigenvalue weighted by atomic mass is 16.5. The number of benzene rings is 2. The molecule has 0 aliphatic heterocycles. The van der Waals surface area contributed by atoms with Gasteiger partial charge in [-0.15, -0.1) is 0 Å². The van der Waals surface area contributed by atoms with Crippen LogP contribution in [0.1, 0.15) is 30.9 Å². The van der Waals surface area contributed by atoms with E-state index in [2.05, 4.69) is 5.32 Å². The van der Waals surface area contributed by atoms with E-state index in [4.69, 9.17) is 14.2 Å². The minimum absolute atomic E-state index is 0.0129. The SMILES string of the molecule is CCOc1ccccc1OCCCC(=O)NCc1ccccc1COC. The van der Waals surface area contributed by atoms with Crippen LogP contribution in [-0.2, 0) is 22.7 Å². The predicted octanol–water partition coefficient (Wildman–Crippen LogP) is 3.71. The van der Waals surface area contributed by atoms with Crippen LogP contribution in [0.25, 0.3) is 0 Å². The number of para-hydroxylation sites is 2. The van der Waals surface area contributed by atoms with E-state index in [0.29, 0.717) is 45.0 Å². The second kappa shape index (κ2) is 11.2. The molecule has 0 aromatic heterocycles. The zero-order valence-electron chi connectivity index (χ0n) is 15.5. The van der Waals surface area contributed by atoms with Crippen molar-refractivity contribution in [2.75, 3.05) is 20.3 Å². The zero-order chi connectivity index (χ0) is 18.6. The summed E-state index contributed by atoms with van der Waals surface area (Å²) in [5.74, 6) is 1.45. The van der Waals surface area contributed by atoms with Crippen LogP contribution in [0.3, 0.4) is 0 Å². The number of hydrogen-bond acceptors (Lipinski definition) is 4. The van der Waals surface area contributed by atoms with Crippen LogP contribution in [0.15, 0.2) is 48.5 Å². The molecule has 0 radical (unpaired) electrons. The van der Waals surface area contributed by atoms with Crippen molar-refractivity contribution in [3.05, 3.63) is 59.7 Å². The van der Waals surface area contributed by atoms with Crippen LogP contribution in [0.5, 0.6) is 11.5 Å². The quantitative estimate of drug-likeness (QED) is 0.623. The lowest BCUT2D eigenvalue weighted by Gasteiger charge is -2.12. The topological polar surface area (TPSA) is 56.8 Å². The molecule has 0 saturated carbocycles. The Labute approximate surface area is 155 Å². The maximum atomic E-state index is 12.0. The lowest BCUT2D eigenvalue weighted by Crippen LogP contribution is -2.23. The van der Waals surface area contributed by atoms with Crippen molar-refractivity contribution in [2.24, 2.45) is 0 Å². The lowest BCUT2D eigenvalue weighted by molar-refractivity contribution is -0.121. The van der Waals surface area contributed by atoms with Crippen molar-refractivity contribution in [1.82, 2.24) is 5.32 Å². The number of rotatable bonds is 11. The molecule has 2 aromatic rings. The number of carbonyl (C=O) groups is 1. The minimum Gasteiger partial charge on any atom is -0.490 e. The molecular weight excluding hydrogens is 330 g/mol. The zero-order valence-corrected chi connectivity index (χ0v) is 15.5. The van der Waals surface area contributed by atoms with Crippen molar-refractivity contribution < 1.29 is 19.0 Å². The molecule has 0 fully saturated rings. The number of methoxy groups -OCH3 is 1. The van der Waals surface area contributed by atoms with Gasteiger partial charge in [0, 0.05) is 20.1 Å². The molecule has 2 aromatic carbocycles. The molecule has 0 spiro atoms. The van der Waals surface area contributed by atoms with Crippen LogP contribution in [0, 0.1) is 0 Å². The largest absolute Gasteiger partial charge is 0.490 e. The van der Waals surface area contributed by atoms with Crippen LogP contribution >= 0.6 is 0 Å². The molecular formula is C21H27NO4. The molecule has 0 unspecified atom stereocenters. The highest BCUT2D eigenvalue weighted by molar-refractivity contribution is 5.75. The second-order valence-electron chi connectivity index (χ2n) is 5.81. The Morgan fingerprint density at radius 2 is 1.62 bits per heavy atom. The third-order valence-electron chi connectivity index (χ3n) is 3.85. The fourth-order valence-corrected chi connectivity index (χ4v) is 2.57. The molecule has 2 rings (SSSR count). The van der Waals surface area contributed by atoms with Gasteiger partial charge in [0.05, 0.1) is 19.8 Å². The molecule has 1 amide bonds. The smallest absolute Gasteiger partial charge is 0.220 e. The maximum absolute atomic E-state index is 12.0. The summed E-state index contributed by atoms with van der Waals surface area (Å²) in [5, 5.41) is 2.95. The standard InChI is InChI=1S/C21H27NO4/c1-3-25-19-11-6-7-12-20(19)26-14-8-13-21(23)22-15-17-9-4-5-10-18(17)16-24-2/h4-7,9-12H,3,8,13-16H2,1-2H3,(H,22,23). The van der Waals surface area contributed by atoms with Gasteiger partial charge in [0.2, 0.25) is 5.91 Å². The van der Waals surface area contributed by atoms with E-state index in [9.17, 15) is 4.79 Å². The molecule has 0 bridgehead atoms. The van der Waals surface area contributed by atoms with Gasteiger partial charge in [0.1, 0.15) is 0 Å². The van der Waals surface area contributed by atoms with E-state index in [1.807, 2.05) is 55.5 Å². The van der Waals surface area contributed by atoms with Crippen LogP contribution < -0.4 is 14.8 Å². The van der Waals surface area contributed by atoms with Crippen molar-refractivity contribution in [1.29, 1.82) is 0 Å². The van der Waals surface area contributed by atoms with Gasteiger partial charge in [0.15, 0.2) is 11.5 Å². The number of hydrogen-bond donors (Lipinski definition) is 1. The van der Waals surface area contributed by atoms with Crippen molar-refractivity contribution in [3.63, 3.8) is 0 Å². The van der Waals surface area contributed by atoms with Gasteiger partial charge in [-0.05, 0) is 36.6 Å². The van der Waals surface area contributed by atoms with Crippen LogP contribution in [0.2, 0.25) is 0 Å². The van der Waals surface area contributed by atoms with Crippen LogP contribution in [-0.4, -0.2) is 26.2 Å². The van der Waals surface area contributed by atoms with Crippen LogP contribution in [0.4, 0.5) is 0 Å².